The second kappa shape index (κ2) is 4.44. The minimum atomic E-state index is -0.844. The highest BCUT2D eigenvalue weighted by molar-refractivity contribution is 4.91. The van der Waals surface area contributed by atoms with Crippen molar-refractivity contribution < 1.29 is 14.9 Å². The zero-order chi connectivity index (χ0) is 12.6. The van der Waals surface area contributed by atoms with E-state index >= 15 is 0 Å². The highest BCUT2D eigenvalue weighted by Crippen LogP contribution is 2.32. The number of nitrogens with one attached hydrogen (secondary N) is 1. The van der Waals surface area contributed by atoms with Crippen LogP contribution in [0.15, 0.2) is 21.9 Å². The Kier molecular flexibility index (Phi) is 3.14. The van der Waals surface area contributed by atoms with Crippen molar-refractivity contribution in [1.82, 2.24) is 9.55 Å². The first-order valence-electron chi connectivity index (χ1n) is 5.30. The van der Waals surface area contributed by atoms with Crippen molar-refractivity contribution in [2.45, 2.75) is 25.4 Å². The van der Waals surface area contributed by atoms with Gasteiger partial charge in [-0.2, -0.15) is 0 Å². The first kappa shape index (κ1) is 12.0. The van der Waals surface area contributed by atoms with E-state index in [1.165, 1.54) is 16.8 Å². The molecule has 1 saturated heterocycles. The van der Waals surface area contributed by atoms with Crippen LogP contribution in [0, 0.1) is 5.92 Å². The monoisotopic (exact) mass is 242 g/mol. The predicted molar refractivity (Wildman–Crippen MR) is 57.5 cm³/mol. The van der Waals surface area contributed by atoms with E-state index < -0.39 is 29.7 Å². The lowest BCUT2D eigenvalue weighted by Gasteiger charge is -2.17. The predicted octanol–water partition coefficient (Wildman–Crippen LogP) is -1.58. The van der Waals surface area contributed by atoms with Gasteiger partial charge < -0.3 is 14.9 Å². The van der Waals surface area contributed by atoms with Crippen molar-refractivity contribution in [3.05, 3.63) is 33.1 Å². The highest BCUT2D eigenvalue weighted by Gasteiger charge is 2.41. The number of H-pyrrole nitrogens is 1. The van der Waals surface area contributed by atoms with Gasteiger partial charge in [-0.05, 0) is 0 Å². The summed E-state index contributed by atoms with van der Waals surface area (Å²) in [6.07, 6.45) is -0.932. The standard InChI is InChI=1S/C10H14N2O5/c1-5-8(15)6(4-13)17-9(5)12-3-2-7(14)11-10(12)16/h2-3,5-6,8-9,13,15H,4H2,1H3,(H,11,14,16)/t5-,6-,8?,9-/m0/s1. The molecule has 1 aromatic heterocycles. The average molecular weight is 242 g/mol. The van der Waals surface area contributed by atoms with E-state index in [2.05, 4.69) is 4.98 Å². The first-order chi connectivity index (χ1) is 8.04. The third-order valence-corrected chi connectivity index (χ3v) is 2.99. The molecule has 0 aliphatic carbocycles. The molecular formula is C10H14N2O5. The van der Waals surface area contributed by atoms with Gasteiger partial charge in [0, 0.05) is 18.2 Å². The molecule has 94 valence electrons. The molecule has 7 heteroatoms. The van der Waals surface area contributed by atoms with E-state index in [-0.39, 0.29) is 12.5 Å². The fourth-order valence-corrected chi connectivity index (χ4v) is 1.99. The van der Waals surface area contributed by atoms with E-state index in [0.717, 1.165) is 0 Å². The molecule has 2 rings (SSSR count). The van der Waals surface area contributed by atoms with E-state index in [4.69, 9.17) is 9.84 Å². The van der Waals surface area contributed by atoms with Crippen molar-refractivity contribution in [3.8, 4) is 0 Å². The van der Waals surface area contributed by atoms with Crippen LogP contribution in [-0.2, 0) is 4.74 Å². The van der Waals surface area contributed by atoms with Crippen LogP contribution in [-0.4, -0.2) is 38.6 Å². The Bertz CT molecular complexity index is 508. The van der Waals surface area contributed by atoms with Crippen molar-refractivity contribution in [1.29, 1.82) is 0 Å². The molecule has 0 saturated carbocycles. The molecule has 3 N–H and O–H groups in total. The lowest BCUT2D eigenvalue weighted by Crippen LogP contribution is -2.33. The number of nitrogens with zero attached hydrogens (tertiary/aromatic N) is 1. The molecule has 0 spiro atoms. The Morgan fingerprint density at radius 3 is 2.76 bits per heavy atom. The lowest BCUT2D eigenvalue weighted by molar-refractivity contribution is -0.0477. The minimum Gasteiger partial charge on any atom is -0.394 e. The summed E-state index contributed by atoms with van der Waals surface area (Å²) >= 11 is 0. The van der Waals surface area contributed by atoms with Crippen molar-refractivity contribution in [3.63, 3.8) is 0 Å². The molecule has 7 nitrogen and oxygen atoms in total. The number of rotatable bonds is 2. The molecule has 17 heavy (non-hydrogen) atoms. The Labute approximate surface area is 96.3 Å². The normalized spacial score (nSPS) is 32.9. The number of aromatic nitrogens is 2. The van der Waals surface area contributed by atoms with Gasteiger partial charge in [0.15, 0.2) is 0 Å². The lowest BCUT2D eigenvalue weighted by atomic mass is 10.0. The maximum Gasteiger partial charge on any atom is 0.330 e. The zero-order valence-corrected chi connectivity index (χ0v) is 9.24. The van der Waals surface area contributed by atoms with Gasteiger partial charge in [0.1, 0.15) is 12.3 Å². The molecule has 1 fully saturated rings. The molecule has 0 aromatic carbocycles. The number of hydrogen-bond acceptors (Lipinski definition) is 5. The summed E-state index contributed by atoms with van der Waals surface area (Å²) in [4.78, 5) is 24.6. The Morgan fingerprint density at radius 1 is 1.53 bits per heavy atom. The number of aromatic amines is 1. The summed E-state index contributed by atoms with van der Waals surface area (Å²) in [5, 5.41) is 18.8. The van der Waals surface area contributed by atoms with Crippen LogP contribution in [0.1, 0.15) is 13.2 Å². The fraction of sp³-hybridized carbons (Fsp3) is 0.600. The van der Waals surface area contributed by atoms with Crippen molar-refractivity contribution in [2.75, 3.05) is 6.61 Å². The molecule has 0 radical (unpaired) electrons. The fourth-order valence-electron chi connectivity index (χ4n) is 1.99. The van der Waals surface area contributed by atoms with E-state index in [1.807, 2.05) is 0 Å². The van der Waals surface area contributed by atoms with Gasteiger partial charge in [0.25, 0.3) is 5.56 Å². The average Bonchev–Trinajstić information content (AvgIpc) is 2.57. The van der Waals surface area contributed by atoms with Crippen LogP contribution in [0.4, 0.5) is 0 Å². The van der Waals surface area contributed by atoms with Crippen LogP contribution in [0.5, 0.6) is 0 Å². The third kappa shape index (κ3) is 2.04. The summed E-state index contributed by atoms with van der Waals surface area (Å²) < 4.78 is 6.58. The second-order valence-electron chi connectivity index (χ2n) is 4.11. The van der Waals surface area contributed by atoms with Crippen LogP contribution >= 0.6 is 0 Å². The van der Waals surface area contributed by atoms with Gasteiger partial charge in [-0.15, -0.1) is 0 Å². The van der Waals surface area contributed by atoms with Crippen molar-refractivity contribution in [2.24, 2.45) is 5.92 Å². The van der Waals surface area contributed by atoms with Gasteiger partial charge in [0.2, 0.25) is 0 Å². The van der Waals surface area contributed by atoms with Crippen LogP contribution in [0.2, 0.25) is 0 Å². The third-order valence-electron chi connectivity index (χ3n) is 2.99. The van der Waals surface area contributed by atoms with Gasteiger partial charge in [-0.25, -0.2) is 4.79 Å². The molecular weight excluding hydrogens is 228 g/mol. The first-order valence-corrected chi connectivity index (χ1v) is 5.30. The highest BCUT2D eigenvalue weighted by atomic mass is 16.5. The zero-order valence-electron chi connectivity index (χ0n) is 9.24. The molecule has 0 bridgehead atoms. The summed E-state index contributed by atoms with van der Waals surface area (Å²) in [6, 6.07) is 1.20. The Hall–Kier alpha value is -1.44. The number of aliphatic hydroxyl groups excluding tert-OH is 2. The van der Waals surface area contributed by atoms with Gasteiger partial charge in [0.05, 0.1) is 12.7 Å². The van der Waals surface area contributed by atoms with Gasteiger partial charge >= 0.3 is 5.69 Å². The topological polar surface area (TPSA) is 105 Å². The maximum absolute atomic E-state index is 11.6. The molecule has 0 amide bonds. The number of aliphatic hydroxyl groups is 2. The van der Waals surface area contributed by atoms with Gasteiger partial charge in [-0.3, -0.25) is 14.3 Å². The largest absolute Gasteiger partial charge is 0.394 e. The number of hydrogen-bond donors (Lipinski definition) is 3. The molecule has 2 heterocycles. The van der Waals surface area contributed by atoms with Crippen LogP contribution in [0.25, 0.3) is 0 Å². The van der Waals surface area contributed by atoms with Crippen molar-refractivity contribution >= 4 is 0 Å². The number of ether oxygens (including phenoxy) is 1. The van der Waals surface area contributed by atoms with E-state index in [9.17, 15) is 14.7 Å². The van der Waals surface area contributed by atoms with E-state index in [1.54, 1.807) is 6.92 Å². The molecule has 1 aliphatic heterocycles. The summed E-state index contributed by atoms with van der Waals surface area (Å²) in [7, 11) is 0. The second-order valence-corrected chi connectivity index (χ2v) is 4.11. The molecule has 1 aromatic rings. The summed E-state index contributed by atoms with van der Waals surface area (Å²) in [5.74, 6) is -0.351. The van der Waals surface area contributed by atoms with Gasteiger partial charge in [-0.1, -0.05) is 6.92 Å². The van der Waals surface area contributed by atoms with Crippen LogP contribution < -0.4 is 11.2 Å². The maximum atomic E-state index is 11.6. The SMILES string of the molecule is C[C@H]1C(O)[C@H](CO)O[C@@H]1n1ccc(=O)[nH]c1=O. The van der Waals surface area contributed by atoms with E-state index in [0.29, 0.717) is 0 Å². The Morgan fingerprint density at radius 2 is 2.24 bits per heavy atom. The molecule has 4 atom stereocenters. The van der Waals surface area contributed by atoms with Crippen LogP contribution in [0.3, 0.4) is 0 Å². The smallest absolute Gasteiger partial charge is 0.330 e. The molecule has 1 unspecified atom stereocenters. The minimum absolute atomic E-state index is 0.319. The quantitative estimate of drug-likeness (QED) is 0.580. The molecule has 1 aliphatic rings. The Balaban J connectivity index is 2.35. The summed E-state index contributed by atoms with van der Waals surface area (Å²) in [6.45, 7) is 1.39. The summed E-state index contributed by atoms with van der Waals surface area (Å²) in [5.41, 5.74) is -1.09.